The Labute approximate surface area is 211 Å². The summed E-state index contributed by atoms with van der Waals surface area (Å²) in [6.45, 7) is 12.9. The second-order valence-electron chi connectivity index (χ2n) is 8.03. The summed E-state index contributed by atoms with van der Waals surface area (Å²) in [5.74, 6) is -0.382. The number of benzene rings is 1. The third-order valence-corrected chi connectivity index (χ3v) is 7.33. The number of phenols is 1. The zero-order valence-electron chi connectivity index (χ0n) is 20.1. The van der Waals surface area contributed by atoms with Crippen LogP contribution >= 0.6 is 20.2 Å². The summed E-state index contributed by atoms with van der Waals surface area (Å²) < 4.78 is 23.5. The average Bonchev–Trinajstić information content (AvgIpc) is 2.80. The van der Waals surface area contributed by atoms with Crippen LogP contribution in [0.1, 0.15) is 37.5 Å². The Kier molecular flexibility index (Phi) is 9.53. The molecule has 0 saturated carbocycles. The molecule has 1 fully saturated rings. The lowest BCUT2D eigenvalue weighted by molar-refractivity contribution is 0.0632. The zero-order chi connectivity index (χ0) is 25.7. The van der Waals surface area contributed by atoms with Gasteiger partial charge in [0, 0.05) is 35.7 Å². The summed E-state index contributed by atoms with van der Waals surface area (Å²) in [4.78, 5) is 15.2. The molecule has 35 heavy (non-hydrogen) atoms. The SMILES string of the molecule is C=C/C(Cl)=C(\C=C)c1cc(=O)c2c(O)cc(OP(OCC)OCC)c(C3CCN(C)CC3O)c2o1. The summed E-state index contributed by atoms with van der Waals surface area (Å²) in [7, 11) is 0.131. The number of rotatable bonds is 10. The molecule has 0 spiro atoms. The van der Waals surface area contributed by atoms with Gasteiger partial charge in [-0.3, -0.25) is 4.79 Å². The first kappa shape index (κ1) is 27.4. The Morgan fingerprint density at radius 3 is 2.54 bits per heavy atom. The van der Waals surface area contributed by atoms with Gasteiger partial charge >= 0.3 is 8.60 Å². The highest BCUT2D eigenvalue weighted by Crippen LogP contribution is 2.48. The number of aliphatic hydroxyl groups excluding tert-OH is 1. The minimum atomic E-state index is -1.79. The summed E-state index contributed by atoms with van der Waals surface area (Å²) in [6, 6.07) is 2.60. The number of fused-ring (bicyclic) bond motifs is 1. The first-order valence-corrected chi connectivity index (χ1v) is 12.8. The zero-order valence-corrected chi connectivity index (χ0v) is 21.8. The van der Waals surface area contributed by atoms with Crippen LogP contribution in [0.3, 0.4) is 0 Å². The van der Waals surface area contributed by atoms with Crippen LogP contribution in [0.5, 0.6) is 11.5 Å². The Morgan fingerprint density at radius 2 is 1.97 bits per heavy atom. The highest BCUT2D eigenvalue weighted by atomic mass is 35.5. The molecule has 8 nitrogen and oxygen atoms in total. The number of hydrogen-bond donors (Lipinski definition) is 2. The highest BCUT2D eigenvalue weighted by molar-refractivity contribution is 7.42. The van der Waals surface area contributed by atoms with Crippen LogP contribution in [-0.4, -0.2) is 54.6 Å². The molecular formula is C25H31ClNO7P. The van der Waals surface area contributed by atoms with E-state index in [1.807, 2.05) is 25.8 Å². The number of halogens is 1. The maximum absolute atomic E-state index is 13.2. The molecule has 2 unspecified atom stereocenters. The molecule has 0 amide bonds. The van der Waals surface area contributed by atoms with Gasteiger partial charge in [-0.2, -0.15) is 0 Å². The van der Waals surface area contributed by atoms with E-state index in [9.17, 15) is 15.0 Å². The minimum absolute atomic E-state index is 0.0162. The minimum Gasteiger partial charge on any atom is -0.507 e. The molecule has 2 N–H and O–H groups in total. The van der Waals surface area contributed by atoms with Crippen LogP contribution in [0.4, 0.5) is 0 Å². The molecular weight excluding hydrogens is 493 g/mol. The van der Waals surface area contributed by atoms with E-state index in [1.165, 1.54) is 24.3 Å². The van der Waals surface area contributed by atoms with E-state index in [-0.39, 0.29) is 33.3 Å². The maximum Gasteiger partial charge on any atom is 0.397 e. The van der Waals surface area contributed by atoms with Gasteiger partial charge in [-0.25, -0.2) is 0 Å². The quantitative estimate of drug-likeness (QED) is 0.320. The molecule has 1 aromatic heterocycles. The van der Waals surface area contributed by atoms with E-state index in [4.69, 9.17) is 29.6 Å². The fraction of sp³-hybridized carbons (Fsp3) is 0.400. The van der Waals surface area contributed by atoms with Gasteiger partial charge in [0.1, 0.15) is 28.2 Å². The number of likely N-dealkylation sites (tertiary alicyclic amines) is 1. The van der Waals surface area contributed by atoms with Gasteiger partial charge in [-0.05, 0) is 39.9 Å². The van der Waals surface area contributed by atoms with Crippen molar-refractivity contribution in [1.29, 1.82) is 0 Å². The molecule has 2 aromatic rings. The van der Waals surface area contributed by atoms with Crippen LogP contribution in [0, 0.1) is 0 Å². The average molecular weight is 524 g/mol. The molecule has 2 heterocycles. The molecule has 2 atom stereocenters. The van der Waals surface area contributed by atoms with Gasteiger partial charge in [0.15, 0.2) is 5.43 Å². The van der Waals surface area contributed by atoms with E-state index in [1.54, 1.807) is 0 Å². The van der Waals surface area contributed by atoms with E-state index in [0.29, 0.717) is 43.9 Å². The fourth-order valence-corrected chi connectivity index (χ4v) is 5.19. The molecule has 10 heteroatoms. The van der Waals surface area contributed by atoms with Crippen molar-refractivity contribution in [3.63, 3.8) is 0 Å². The molecule has 3 rings (SSSR count). The number of β-amino-alcohol motifs (C(OH)–C–C–N with tert-alkyl or cyclic N) is 1. The van der Waals surface area contributed by atoms with Gasteiger partial charge in [0.25, 0.3) is 0 Å². The van der Waals surface area contributed by atoms with E-state index in [2.05, 4.69) is 13.2 Å². The highest BCUT2D eigenvalue weighted by Gasteiger charge is 2.34. The van der Waals surface area contributed by atoms with E-state index in [0.717, 1.165) is 0 Å². The van der Waals surface area contributed by atoms with E-state index < -0.39 is 26.1 Å². The topological polar surface area (TPSA) is 102 Å². The number of nitrogens with zero attached hydrogens (tertiary/aromatic N) is 1. The lowest BCUT2D eigenvalue weighted by atomic mass is 9.85. The third kappa shape index (κ3) is 5.97. The Balaban J connectivity index is 2.34. The van der Waals surface area contributed by atoms with Gasteiger partial charge in [0.2, 0.25) is 0 Å². The Hall–Kier alpha value is -2.19. The van der Waals surface area contributed by atoms with Crippen LogP contribution in [0.15, 0.2) is 51.7 Å². The molecule has 1 aliphatic rings. The van der Waals surface area contributed by atoms with Crippen LogP contribution in [0.25, 0.3) is 16.5 Å². The predicted octanol–water partition coefficient (Wildman–Crippen LogP) is 5.28. The van der Waals surface area contributed by atoms with Crippen molar-refractivity contribution in [3.8, 4) is 11.5 Å². The predicted molar refractivity (Wildman–Crippen MR) is 139 cm³/mol. The van der Waals surface area contributed by atoms with Gasteiger partial charge in [-0.1, -0.05) is 30.8 Å². The molecule has 0 aliphatic carbocycles. The second-order valence-corrected chi connectivity index (χ2v) is 9.58. The first-order chi connectivity index (χ1) is 16.7. The number of allylic oxidation sites excluding steroid dienone is 4. The molecule has 0 radical (unpaired) electrons. The monoisotopic (exact) mass is 523 g/mol. The fourth-order valence-electron chi connectivity index (χ4n) is 4.10. The summed E-state index contributed by atoms with van der Waals surface area (Å²) in [6.07, 6.45) is 2.68. The molecule has 190 valence electrons. The first-order valence-electron chi connectivity index (χ1n) is 11.3. The van der Waals surface area contributed by atoms with E-state index >= 15 is 0 Å². The van der Waals surface area contributed by atoms with Crippen LogP contribution in [-0.2, 0) is 9.05 Å². The Morgan fingerprint density at radius 1 is 1.29 bits per heavy atom. The molecule has 1 aliphatic heterocycles. The van der Waals surface area contributed by atoms with Crippen LogP contribution in [0.2, 0.25) is 0 Å². The maximum atomic E-state index is 13.2. The van der Waals surface area contributed by atoms with Gasteiger partial charge < -0.3 is 33.1 Å². The standard InChI is InChI=1S/C25H31ClNO7P/c1-6-15(17(26)7-2)21-12-18(28)24-19(29)13-22(34-35(31-8-3)32-9-4)23(25(24)33-21)16-10-11-27(5)14-20(16)30/h6-7,12-13,16,20,29-30H,1-2,8-11,14H2,3-5H3/b17-15-. The lowest BCUT2D eigenvalue weighted by Gasteiger charge is -2.35. The Bertz CT molecular complexity index is 1170. The molecule has 1 saturated heterocycles. The smallest absolute Gasteiger partial charge is 0.397 e. The lowest BCUT2D eigenvalue weighted by Crippen LogP contribution is -2.40. The number of aliphatic hydroxyl groups is 1. The largest absolute Gasteiger partial charge is 0.507 e. The van der Waals surface area contributed by atoms with Crippen molar-refractivity contribution in [1.82, 2.24) is 4.90 Å². The van der Waals surface area contributed by atoms with Crippen molar-refractivity contribution < 1.29 is 28.2 Å². The van der Waals surface area contributed by atoms with Crippen LogP contribution < -0.4 is 9.95 Å². The molecule has 1 aromatic carbocycles. The second kappa shape index (κ2) is 12.2. The number of phenolic OH excluding ortho intramolecular Hbond substituents is 1. The normalized spacial score (nSPS) is 19.6. The number of piperidine rings is 1. The van der Waals surface area contributed by atoms with Gasteiger partial charge in [-0.15, -0.1) is 0 Å². The third-order valence-electron chi connectivity index (χ3n) is 5.69. The van der Waals surface area contributed by atoms with Crippen molar-refractivity contribution >= 4 is 36.7 Å². The summed E-state index contributed by atoms with van der Waals surface area (Å²) >= 11 is 6.28. The number of hydrogen-bond acceptors (Lipinski definition) is 8. The summed E-state index contributed by atoms with van der Waals surface area (Å²) in [5.41, 5.74) is 0.459. The number of aromatic hydroxyl groups is 1. The van der Waals surface area contributed by atoms with Crippen molar-refractivity contribution in [2.45, 2.75) is 32.3 Å². The molecule has 0 bridgehead atoms. The van der Waals surface area contributed by atoms with Gasteiger partial charge in [0.05, 0.1) is 24.4 Å². The number of likely N-dealkylation sites (N-methyl/N-ethyl adjacent to an activating group) is 1. The van der Waals surface area contributed by atoms with Crippen molar-refractivity contribution in [2.24, 2.45) is 0 Å². The van der Waals surface area contributed by atoms with Crippen molar-refractivity contribution in [3.05, 3.63) is 64.0 Å². The van der Waals surface area contributed by atoms with Crippen molar-refractivity contribution in [2.75, 3.05) is 33.4 Å². The summed E-state index contributed by atoms with van der Waals surface area (Å²) in [5, 5.41) is 22.1.